The minimum Gasteiger partial charge on any atom is -0.368 e. The number of carbonyl (C=O) groups is 1. The van der Waals surface area contributed by atoms with Crippen LogP contribution >= 0.6 is 15.9 Å². The normalized spacial score (nSPS) is 10.0. The molecule has 0 saturated carbocycles. The van der Waals surface area contributed by atoms with E-state index < -0.39 is 10.8 Å². The zero-order valence-electron chi connectivity index (χ0n) is 9.22. The monoisotopic (exact) mass is 301 g/mol. The van der Waals surface area contributed by atoms with Crippen molar-refractivity contribution in [2.75, 3.05) is 18.0 Å². The van der Waals surface area contributed by atoms with Gasteiger partial charge in [0.05, 0.1) is 11.5 Å². The second kappa shape index (κ2) is 5.62. The number of primary amides is 1. The molecular formula is C10H12BrN3O3. The fraction of sp³-hybridized carbons (Fsp3) is 0.300. The van der Waals surface area contributed by atoms with Crippen LogP contribution in [-0.2, 0) is 4.79 Å². The summed E-state index contributed by atoms with van der Waals surface area (Å²) in [6, 6.07) is 4.68. The number of halogens is 1. The Morgan fingerprint density at radius 3 is 2.71 bits per heavy atom. The van der Waals surface area contributed by atoms with Gasteiger partial charge in [0.2, 0.25) is 5.91 Å². The first-order valence-corrected chi connectivity index (χ1v) is 5.72. The molecule has 1 amide bonds. The fourth-order valence-electron chi connectivity index (χ4n) is 1.47. The topological polar surface area (TPSA) is 89.5 Å². The van der Waals surface area contributed by atoms with Crippen molar-refractivity contribution in [3.63, 3.8) is 0 Å². The van der Waals surface area contributed by atoms with Crippen LogP contribution in [-0.4, -0.2) is 23.9 Å². The van der Waals surface area contributed by atoms with Gasteiger partial charge in [0, 0.05) is 17.1 Å². The molecule has 1 aromatic rings. The Hall–Kier alpha value is -1.63. The largest absolute Gasteiger partial charge is 0.368 e. The third kappa shape index (κ3) is 3.42. The first-order chi connectivity index (χ1) is 7.95. The molecule has 92 valence electrons. The summed E-state index contributed by atoms with van der Waals surface area (Å²) in [6.45, 7) is 2.22. The Balaban J connectivity index is 3.18. The molecule has 0 atom stereocenters. The summed E-state index contributed by atoms with van der Waals surface area (Å²) in [6.07, 6.45) is 0. The van der Waals surface area contributed by atoms with Crippen molar-refractivity contribution in [3.05, 3.63) is 32.8 Å². The van der Waals surface area contributed by atoms with E-state index in [1.165, 1.54) is 6.07 Å². The van der Waals surface area contributed by atoms with Crippen molar-refractivity contribution < 1.29 is 9.72 Å². The smallest absolute Gasteiger partial charge is 0.293 e. The molecule has 0 unspecified atom stereocenters. The Morgan fingerprint density at radius 2 is 2.24 bits per heavy atom. The number of nitro groups is 1. The molecule has 1 aromatic carbocycles. The summed E-state index contributed by atoms with van der Waals surface area (Å²) < 4.78 is 0.614. The summed E-state index contributed by atoms with van der Waals surface area (Å²) in [5.41, 5.74) is 5.44. The highest BCUT2D eigenvalue weighted by Crippen LogP contribution is 2.30. The quantitative estimate of drug-likeness (QED) is 0.661. The second-order valence-electron chi connectivity index (χ2n) is 3.37. The van der Waals surface area contributed by atoms with Crippen molar-refractivity contribution in [2.45, 2.75) is 6.92 Å². The molecule has 0 aliphatic carbocycles. The van der Waals surface area contributed by atoms with Crippen LogP contribution in [0.3, 0.4) is 0 Å². The Bertz CT molecular complexity index is 450. The van der Waals surface area contributed by atoms with Gasteiger partial charge in [0.1, 0.15) is 5.69 Å². The van der Waals surface area contributed by atoms with E-state index in [2.05, 4.69) is 15.9 Å². The predicted molar refractivity (Wildman–Crippen MR) is 67.9 cm³/mol. The van der Waals surface area contributed by atoms with Crippen molar-refractivity contribution in [3.8, 4) is 0 Å². The van der Waals surface area contributed by atoms with Gasteiger partial charge >= 0.3 is 0 Å². The van der Waals surface area contributed by atoms with E-state index in [-0.39, 0.29) is 12.2 Å². The van der Waals surface area contributed by atoms with Gasteiger partial charge < -0.3 is 10.6 Å². The zero-order chi connectivity index (χ0) is 13.0. The van der Waals surface area contributed by atoms with Gasteiger partial charge in [-0.1, -0.05) is 15.9 Å². The van der Waals surface area contributed by atoms with Crippen LogP contribution in [0.2, 0.25) is 0 Å². The van der Waals surface area contributed by atoms with E-state index in [0.29, 0.717) is 16.7 Å². The van der Waals surface area contributed by atoms with Crippen LogP contribution in [0.15, 0.2) is 22.7 Å². The van der Waals surface area contributed by atoms with Gasteiger partial charge in [0.15, 0.2) is 0 Å². The molecule has 0 aromatic heterocycles. The van der Waals surface area contributed by atoms with Gasteiger partial charge in [-0.2, -0.15) is 0 Å². The van der Waals surface area contributed by atoms with Gasteiger partial charge in [-0.05, 0) is 19.1 Å². The third-order valence-electron chi connectivity index (χ3n) is 2.20. The Morgan fingerprint density at radius 1 is 1.59 bits per heavy atom. The van der Waals surface area contributed by atoms with E-state index in [1.807, 2.05) is 0 Å². The Kier molecular flexibility index (Phi) is 4.45. The SMILES string of the molecule is CCN(CC(N)=O)c1ccc(Br)cc1[N+](=O)[O-]. The number of carbonyl (C=O) groups excluding carboxylic acids is 1. The minimum absolute atomic E-state index is 0.0427. The third-order valence-corrected chi connectivity index (χ3v) is 2.70. The van der Waals surface area contributed by atoms with Crippen LogP contribution in [0.25, 0.3) is 0 Å². The summed E-state index contributed by atoms with van der Waals surface area (Å²) in [5.74, 6) is -0.524. The molecule has 0 saturated heterocycles. The van der Waals surface area contributed by atoms with Crippen LogP contribution in [0, 0.1) is 10.1 Å². The highest BCUT2D eigenvalue weighted by Gasteiger charge is 2.19. The number of nitro benzene ring substituents is 1. The molecule has 7 heteroatoms. The molecule has 0 aliphatic rings. The summed E-state index contributed by atoms with van der Waals surface area (Å²) in [7, 11) is 0. The second-order valence-corrected chi connectivity index (χ2v) is 4.29. The van der Waals surface area contributed by atoms with E-state index in [9.17, 15) is 14.9 Å². The lowest BCUT2D eigenvalue weighted by Gasteiger charge is -2.20. The maximum Gasteiger partial charge on any atom is 0.293 e. The number of hydrogen-bond donors (Lipinski definition) is 1. The van der Waals surface area contributed by atoms with Gasteiger partial charge in [-0.15, -0.1) is 0 Å². The molecule has 1 rings (SSSR count). The van der Waals surface area contributed by atoms with Crippen LogP contribution in [0.1, 0.15) is 6.92 Å². The number of anilines is 1. The molecule has 0 radical (unpaired) electrons. The van der Waals surface area contributed by atoms with Gasteiger partial charge in [-0.3, -0.25) is 14.9 Å². The molecule has 6 nitrogen and oxygen atoms in total. The standard InChI is InChI=1S/C10H12BrN3O3/c1-2-13(6-10(12)15)8-4-3-7(11)5-9(8)14(16)17/h3-5H,2,6H2,1H3,(H2,12,15). The molecular weight excluding hydrogens is 290 g/mol. The average molecular weight is 302 g/mol. The molecule has 0 spiro atoms. The molecule has 0 bridgehead atoms. The maximum absolute atomic E-state index is 10.9. The van der Waals surface area contributed by atoms with Crippen molar-refractivity contribution in [2.24, 2.45) is 5.73 Å². The van der Waals surface area contributed by atoms with E-state index >= 15 is 0 Å². The first-order valence-electron chi connectivity index (χ1n) is 4.93. The number of nitrogens with two attached hydrogens (primary N) is 1. The average Bonchev–Trinajstić information content (AvgIpc) is 2.25. The highest BCUT2D eigenvalue weighted by molar-refractivity contribution is 9.10. The first kappa shape index (κ1) is 13.4. The van der Waals surface area contributed by atoms with E-state index in [0.717, 1.165) is 0 Å². The number of hydrogen-bond acceptors (Lipinski definition) is 4. The minimum atomic E-state index is -0.524. The van der Waals surface area contributed by atoms with Crippen molar-refractivity contribution in [1.29, 1.82) is 0 Å². The Labute approximate surface area is 107 Å². The van der Waals surface area contributed by atoms with E-state index in [4.69, 9.17) is 5.73 Å². The number of rotatable bonds is 5. The number of likely N-dealkylation sites (N-methyl/N-ethyl adjacent to an activating group) is 1. The summed E-state index contributed by atoms with van der Waals surface area (Å²) >= 11 is 3.17. The fourth-order valence-corrected chi connectivity index (χ4v) is 1.81. The maximum atomic E-state index is 10.9. The van der Waals surface area contributed by atoms with Gasteiger partial charge in [0.25, 0.3) is 5.69 Å². The molecule has 0 aliphatic heterocycles. The highest BCUT2D eigenvalue weighted by atomic mass is 79.9. The molecule has 0 heterocycles. The number of amides is 1. The summed E-state index contributed by atoms with van der Waals surface area (Å²) in [4.78, 5) is 22.9. The lowest BCUT2D eigenvalue weighted by Crippen LogP contribution is -2.33. The molecule has 2 N–H and O–H groups in total. The lowest BCUT2D eigenvalue weighted by molar-refractivity contribution is -0.384. The molecule has 0 fully saturated rings. The van der Waals surface area contributed by atoms with Crippen LogP contribution < -0.4 is 10.6 Å². The number of nitrogens with zero attached hydrogens (tertiary/aromatic N) is 2. The van der Waals surface area contributed by atoms with Crippen molar-refractivity contribution in [1.82, 2.24) is 0 Å². The van der Waals surface area contributed by atoms with Crippen LogP contribution in [0.4, 0.5) is 11.4 Å². The van der Waals surface area contributed by atoms with Crippen LogP contribution in [0.5, 0.6) is 0 Å². The number of benzene rings is 1. The summed E-state index contributed by atoms with van der Waals surface area (Å²) in [5, 5.41) is 10.9. The zero-order valence-corrected chi connectivity index (χ0v) is 10.8. The van der Waals surface area contributed by atoms with Crippen molar-refractivity contribution >= 4 is 33.2 Å². The molecule has 17 heavy (non-hydrogen) atoms. The predicted octanol–water partition coefficient (Wildman–Crippen LogP) is 1.67. The van der Waals surface area contributed by atoms with Gasteiger partial charge in [-0.25, -0.2) is 0 Å². The lowest BCUT2D eigenvalue weighted by atomic mass is 10.2. The van der Waals surface area contributed by atoms with E-state index in [1.54, 1.807) is 24.0 Å².